The number of nitrogens with one attached hydrogen (secondary N) is 1. The highest BCUT2D eigenvalue weighted by Crippen LogP contribution is 2.29. The lowest BCUT2D eigenvalue weighted by molar-refractivity contribution is -0.135. The Kier molecular flexibility index (Phi) is 3.58. The Bertz CT molecular complexity index is 309. The van der Waals surface area contributed by atoms with Gasteiger partial charge in [-0.15, -0.1) is 0 Å². The molecular formula is C12H24N2O3. The van der Waals surface area contributed by atoms with E-state index >= 15 is 0 Å². The lowest BCUT2D eigenvalue weighted by atomic mass is 9.81. The van der Waals surface area contributed by atoms with Crippen LogP contribution in [0.2, 0.25) is 0 Å². The Labute approximate surface area is 103 Å². The van der Waals surface area contributed by atoms with Crippen LogP contribution in [-0.2, 0) is 9.53 Å². The second-order valence-corrected chi connectivity index (χ2v) is 6.18. The number of carbonyl (C=O) groups is 1. The lowest BCUT2D eigenvalue weighted by Crippen LogP contribution is -2.62. The van der Waals surface area contributed by atoms with Crippen molar-refractivity contribution in [3.63, 3.8) is 0 Å². The van der Waals surface area contributed by atoms with Gasteiger partial charge < -0.3 is 20.9 Å². The van der Waals surface area contributed by atoms with Gasteiger partial charge in [0, 0.05) is 6.04 Å². The molecule has 0 saturated carbocycles. The summed E-state index contributed by atoms with van der Waals surface area (Å²) in [7, 11) is 0. The van der Waals surface area contributed by atoms with Crippen molar-refractivity contribution in [2.24, 2.45) is 11.1 Å². The third-order valence-corrected chi connectivity index (χ3v) is 3.99. The average molecular weight is 244 g/mol. The zero-order valence-corrected chi connectivity index (χ0v) is 11.3. The molecule has 2 atom stereocenters. The van der Waals surface area contributed by atoms with Crippen molar-refractivity contribution >= 4 is 5.91 Å². The van der Waals surface area contributed by atoms with E-state index in [1.165, 1.54) is 0 Å². The number of aliphatic hydroxyl groups is 1. The van der Waals surface area contributed by atoms with Crippen molar-refractivity contribution in [1.29, 1.82) is 0 Å². The average Bonchev–Trinajstić information content (AvgIpc) is 2.45. The number of hydrogen-bond donors (Lipinski definition) is 3. The first-order valence-electron chi connectivity index (χ1n) is 5.89. The molecule has 0 spiro atoms. The second kappa shape index (κ2) is 4.23. The summed E-state index contributed by atoms with van der Waals surface area (Å²) in [6, 6.07) is -0.305. The molecule has 1 amide bonds. The van der Waals surface area contributed by atoms with Crippen LogP contribution in [0.5, 0.6) is 0 Å². The molecule has 17 heavy (non-hydrogen) atoms. The molecule has 1 heterocycles. The summed E-state index contributed by atoms with van der Waals surface area (Å²) < 4.78 is 5.25. The summed E-state index contributed by atoms with van der Waals surface area (Å²) >= 11 is 0. The van der Waals surface area contributed by atoms with Crippen molar-refractivity contribution in [1.82, 2.24) is 5.32 Å². The van der Waals surface area contributed by atoms with E-state index in [0.717, 1.165) is 0 Å². The zero-order chi connectivity index (χ0) is 13.5. The van der Waals surface area contributed by atoms with Gasteiger partial charge in [-0.25, -0.2) is 0 Å². The maximum absolute atomic E-state index is 12.3. The minimum absolute atomic E-state index is 0.172. The molecular weight excluding hydrogens is 220 g/mol. The molecule has 100 valence electrons. The van der Waals surface area contributed by atoms with Gasteiger partial charge in [0.2, 0.25) is 5.91 Å². The second-order valence-electron chi connectivity index (χ2n) is 6.18. The van der Waals surface area contributed by atoms with E-state index in [4.69, 9.17) is 10.5 Å². The summed E-state index contributed by atoms with van der Waals surface area (Å²) in [5, 5.41) is 12.9. The largest absolute Gasteiger partial charge is 0.388 e. The Morgan fingerprint density at radius 2 is 2.00 bits per heavy atom. The molecule has 2 unspecified atom stereocenters. The van der Waals surface area contributed by atoms with Gasteiger partial charge in [0.05, 0.1) is 29.8 Å². The topological polar surface area (TPSA) is 84.6 Å². The van der Waals surface area contributed by atoms with E-state index in [1.807, 2.05) is 0 Å². The van der Waals surface area contributed by atoms with Crippen LogP contribution in [0.15, 0.2) is 0 Å². The normalized spacial score (nSPS) is 30.4. The molecule has 0 aromatic carbocycles. The summed E-state index contributed by atoms with van der Waals surface area (Å²) in [4.78, 5) is 12.3. The first-order valence-corrected chi connectivity index (χ1v) is 5.89. The van der Waals surface area contributed by atoms with Crippen LogP contribution >= 0.6 is 0 Å². The number of hydrogen-bond acceptors (Lipinski definition) is 4. The van der Waals surface area contributed by atoms with Gasteiger partial charge >= 0.3 is 0 Å². The highest BCUT2D eigenvalue weighted by molar-refractivity contribution is 5.84. The molecule has 5 heteroatoms. The van der Waals surface area contributed by atoms with E-state index in [0.29, 0.717) is 13.2 Å². The van der Waals surface area contributed by atoms with E-state index in [-0.39, 0.29) is 11.9 Å². The quantitative estimate of drug-likeness (QED) is 0.653. The van der Waals surface area contributed by atoms with Crippen LogP contribution in [-0.4, -0.2) is 41.4 Å². The zero-order valence-electron chi connectivity index (χ0n) is 11.3. The van der Waals surface area contributed by atoms with Crippen LogP contribution in [0.3, 0.4) is 0 Å². The van der Waals surface area contributed by atoms with E-state index in [1.54, 1.807) is 34.6 Å². The first-order chi connectivity index (χ1) is 7.51. The molecule has 0 aliphatic carbocycles. The molecule has 1 saturated heterocycles. The van der Waals surface area contributed by atoms with Crippen LogP contribution in [0.4, 0.5) is 0 Å². The third-order valence-electron chi connectivity index (χ3n) is 3.99. The van der Waals surface area contributed by atoms with Gasteiger partial charge in [0.1, 0.15) is 0 Å². The fourth-order valence-corrected chi connectivity index (χ4v) is 1.50. The summed E-state index contributed by atoms with van der Waals surface area (Å²) in [6.07, 6.45) is 0. The maximum Gasteiger partial charge on any atom is 0.230 e. The number of ether oxygens (including phenoxy) is 1. The summed E-state index contributed by atoms with van der Waals surface area (Å²) in [5.74, 6) is -0.172. The molecule has 5 nitrogen and oxygen atoms in total. The van der Waals surface area contributed by atoms with Crippen molar-refractivity contribution in [2.75, 3.05) is 13.2 Å². The minimum Gasteiger partial charge on any atom is -0.388 e. The monoisotopic (exact) mass is 244 g/mol. The van der Waals surface area contributed by atoms with Gasteiger partial charge in [-0.1, -0.05) is 0 Å². The van der Waals surface area contributed by atoms with Crippen LogP contribution in [0, 0.1) is 5.41 Å². The SMILES string of the molecule is CC1(C(=O)NC(C)(C)C(C)(C)O)COCC1N. The fourth-order valence-electron chi connectivity index (χ4n) is 1.50. The van der Waals surface area contributed by atoms with Gasteiger partial charge in [-0.3, -0.25) is 4.79 Å². The van der Waals surface area contributed by atoms with Crippen molar-refractivity contribution in [3.05, 3.63) is 0 Å². The standard InChI is InChI=1S/C12H24N2O3/c1-10(2,11(3,4)16)14-9(15)12(5)7-17-6-8(12)13/h8,16H,6-7,13H2,1-5H3,(H,14,15). The highest BCUT2D eigenvalue weighted by atomic mass is 16.5. The number of nitrogens with two attached hydrogens (primary N) is 1. The van der Waals surface area contributed by atoms with E-state index in [2.05, 4.69) is 5.32 Å². The van der Waals surface area contributed by atoms with Crippen LogP contribution < -0.4 is 11.1 Å². The number of carbonyl (C=O) groups excluding carboxylic acids is 1. The molecule has 0 radical (unpaired) electrons. The Morgan fingerprint density at radius 3 is 2.35 bits per heavy atom. The van der Waals surface area contributed by atoms with Crippen molar-refractivity contribution in [3.8, 4) is 0 Å². The predicted octanol–water partition coefficient (Wildman–Crippen LogP) is 0.0159. The Hall–Kier alpha value is -0.650. The highest BCUT2D eigenvalue weighted by Gasteiger charge is 2.47. The molecule has 0 aromatic rings. The van der Waals surface area contributed by atoms with Gasteiger partial charge in [0.25, 0.3) is 0 Å². The molecule has 1 fully saturated rings. The van der Waals surface area contributed by atoms with E-state index < -0.39 is 16.6 Å². The van der Waals surface area contributed by atoms with Crippen LogP contribution in [0.25, 0.3) is 0 Å². The van der Waals surface area contributed by atoms with Gasteiger partial charge in [-0.05, 0) is 34.6 Å². The Morgan fingerprint density at radius 1 is 1.47 bits per heavy atom. The maximum atomic E-state index is 12.3. The van der Waals surface area contributed by atoms with Gasteiger partial charge in [-0.2, -0.15) is 0 Å². The van der Waals surface area contributed by atoms with Gasteiger partial charge in [0.15, 0.2) is 0 Å². The molecule has 0 bridgehead atoms. The summed E-state index contributed by atoms with van der Waals surface area (Å²) in [5.41, 5.74) is 3.44. The summed E-state index contributed by atoms with van der Waals surface area (Å²) in [6.45, 7) is 9.42. The van der Waals surface area contributed by atoms with Crippen molar-refractivity contribution < 1.29 is 14.6 Å². The number of amides is 1. The van der Waals surface area contributed by atoms with Crippen molar-refractivity contribution in [2.45, 2.75) is 51.8 Å². The molecule has 0 aromatic heterocycles. The fraction of sp³-hybridized carbons (Fsp3) is 0.917. The van der Waals surface area contributed by atoms with E-state index in [9.17, 15) is 9.90 Å². The first kappa shape index (κ1) is 14.4. The minimum atomic E-state index is -1.01. The van der Waals surface area contributed by atoms with Crippen LogP contribution in [0.1, 0.15) is 34.6 Å². The molecule has 1 aliphatic rings. The Balaban J connectivity index is 2.80. The molecule has 1 rings (SSSR count). The smallest absolute Gasteiger partial charge is 0.230 e. The molecule has 1 aliphatic heterocycles. The molecule has 4 N–H and O–H groups in total. The lowest BCUT2D eigenvalue weighted by Gasteiger charge is -2.40. The predicted molar refractivity (Wildman–Crippen MR) is 65.4 cm³/mol. The number of rotatable bonds is 3. The third kappa shape index (κ3) is 2.61.